The summed E-state index contributed by atoms with van der Waals surface area (Å²) < 4.78 is 5.35. The summed E-state index contributed by atoms with van der Waals surface area (Å²) in [4.78, 5) is 17.4. The van der Waals surface area contributed by atoms with Crippen LogP contribution in [0, 0.1) is 6.92 Å². The summed E-state index contributed by atoms with van der Waals surface area (Å²) in [6.07, 6.45) is 3.23. The van der Waals surface area contributed by atoms with Gasteiger partial charge in [-0.3, -0.25) is 4.79 Å². The monoisotopic (exact) mass is 346 g/mol. The molecule has 0 aliphatic heterocycles. The Hall–Kier alpha value is -2.19. The van der Waals surface area contributed by atoms with Gasteiger partial charge in [0.1, 0.15) is 5.03 Å². The van der Waals surface area contributed by atoms with Crippen LogP contribution in [0.5, 0.6) is 0 Å². The third-order valence-electron chi connectivity index (χ3n) is 2.97. The minimum atomic E-state index is -0.0481. The molecular formula is C15H14N4O2S2. The first-order chi connectivity index (χ1) is 11.2. The van der Waals surface area contributed by atoms with E-state index in [1.54, 1.807) is 18.5 Å². The maximum atomic E-state index is 11.9. The van der Waals surface area contributed by atoms with Crippen LogP contribution in [0.1, 0.15) is 10.6 Å². The zero-order chi connectivity index (χ0) is 16.1. The molecule has 0 bridgehead atoms. The summed E-state index contributed by atoms with van der Waals surface area (Å²) in [6, 6.07) is 7.33. The Balaban J connectivity index is 1.53. The van der Waals surface area contributed by atoms with E-state index in [4.69, 9.17) is 4.42 Å². The molecule has 0 unspecified atom stereocenters. The van der Waals surface area contributed by atoms with Gasteiger partial charge in [-0.1, -0.05) is 11.8 Å². The van der Waals surface area contributed by atoms with Crippen LogP contribution in [0.3, 0.4) is 0 Å². The topological polar surface area (TPSA) is 80.9 Å². The number of rotatable bonds is 6. The van der Waals surface area contributed by atoms with Crippen molar-refractivity contribution in [3.63, 3.8) is 0 Å². The molecular weight excluding hydrogens is 332 g/mol. The van der Waals surface area contributed by atoms with Crippen molar-refractivity contribution in [3.05, 3.63) is 47.3 Å². The number of nitrogens with one attached hydrogen (secondary N) is 1. The molecule has 0 saturated carbocycles. The van der Waals surface area contributed by atoms with Crippen molar-refractivity contribution in [2.45, 2.75) is 18.5 Å². The number of aryl methyl sites for hydroxylation is 1. The maximum Gasteiger partial charge on any atom is 0.230 e. The molecule has 118 valence electrons. The highest BCUT2D eigenvalue weighted by molar-refractivity contribution is 7.99. The average Bonchev–Trinajstić information content (AvgIpc) is 3.21. The first-order valence-electron chi connectivity index (χ1n) is 6.90. The Kier molecular flexibility index (Phi) is 5.04. The lowest BCUT2D eigenvalue weighted by Gasteiger charge is -2.03. The fourth-order valence-electron chi connectivity index (χ4n) is 1.83. The van der Waals surface area contributed by atoms with Crippen LogP contribution in [0.2, 0.25) is 0 Å². The molecule has 3 heterocycles. The van der Waals surface area contributed by atoms with Gasteiger partial charge in [0, 0.05) is 11.1 Å². The van der Waals surface area contributed by atoms with Gasteiger partial charge in [-0.15, -0.1) is 16.4 Å². The minimum Gasteiger partial charge on any atom is -0.462 e. The number of aromatic nitrogens is 3. The van der Waals surface area contributed by atoms with E-state index in [1.807, 2.05) is 25.1 Å². The lowest BCUT2D eigenvalue weighted by molar-refractivity contribution is -0.118. The maximum absolute atomic E-state index is 11.9. The molecule has 0 saturated heterocycles. The highest BCUT2D eigenvalue weighted by atomic mass is 32.2. The molecule has 3 aromatic rings. The van der Waals surface area contributed by atoms with E-state index in [0.717, 1.165) is 26.4 Å². The molecule has 0 spiro atoms. The van der Waals surface area contributed by atoms with Crippen LogP contribution in [0.4, 0.5) is 0 Å². The number of hydrogen-bond donors (Lipinski definition) is 1. The Morgan fingerprint density at radius 1 is 1.39 bits per heavy atom. The molecule has 1 N–H and O–H groups in total. The highest BCUT2D eigenvalue weighted by Gasteiger charge is 2.12. The Bertz CT molecular complexity index is 772. The molecule has 0 aliphatic rings. The highest BCUT2D eigenvalue weighted by Crippen LogP contribution is 2.28. The summed E-state index contributed by atoms with van der Waals surface area (Å²) in [7, 11) is 0. The number of thioether (sulfide) groups is 1. The summed E-state index contributed by atoms with van der Waals surface area (Å²) in [5, 5.41) is 12.2. The summed E-state index contributed by atoms with van der Waals surface area (Å²) in [5.74, 6) is 1.00. The number of carbonyl (C=O) groups excluding carboxylic acids is 1. The number of nitrogens with zero attached hydrogens (tertiary/aromatic N) is 3. The van der Waals surface area contributed by atoms with Crippen LogP contribution >= 0.6 is 23.1 Å². The standard InChI is InChI=1S/C15H14N4O2S2/c1-10-12(23-15(18-10)11-4-3-7-21-11)8-16-13(20)9-22-14-5-2-6-17-19-14/h2-7H,8-9H2,1H3,(H,16,20). The largest absolute Gasteiger partial charge is 0.462 e. The van der Waals surface area contributed by atoms with Crippen LogP contribution < -0.4 is 5.32 Å². The summed E-state index contributed by atoms with van der Waals surface area (Å²) >= 11 is 2.88. The van der Waals surface area contributed by atoms with Gasteiger partial charge in [-0.05, 0) is 31.2 Å². The van der Waals surface area contributed by atoms with Crippen molar-refractivity contribution in [2.75, 3.05) is 5.75 Å². The zero-order valence-corrected chi connectivity index (χ0v) is 14.0. The van der Waals surface area contributed by atoms with Gasteiger partial charge < -0.3 is 9.73 Å². The molecule has 0 fully saturated rings. The second-order valence-corrected chi connectivity index (χ2v) is 6.71. The van der Waals surface area contributed by atoms with Gasteiger partial charge in [0.05, 0.1) is 24.3 Å². The molecule has 3 aromatic heterocycles. The quantitative estimate of drug-likeness (QED) is 0.691. The number of carbonyl (C=O) groups is 1. The second-order valence-electron chi connectivity index (χ2n) is 4.63. The van der Waals surface area contributed by atoms with Crippen LogP contribution in [0.25, 0.3) is 10.8 Å². The molecule has 0 aliphatic carbocycles. The summed E-state index contributed by atoms with van der Waals surface area (Å²) in [6.45, 7) is 2.39. The number of thiazole rings is 1. The zero-order valence-electron chi connectivity index (χ0n) is 12.4. The Morgan fingerprint density at radius 3 is 3.04 bits per heavy atom. The van der Waals surface area contributed by atoms with Crippen molar-refractivity contribution < 1.29 is 9.21 Å². The second kappa shape index (κ2) is 7.38. The normalized spacial score (nSPS) is 10.7. The minimum absolute atomic E-state index is 0.0481. The third kappa shape index (κ3) is 4.17. The van der Waals surface area contributed by atoms with E-state index >= 15 is 0 Å². The molecule has 3 rings (SSSR count). The smallest absolute Gasteiger partial charge is 0.230 e. The Morgan fingerprint density at radius 2 is 2.30 bits per heavy atom. The fraction of sp³-hybridized carbons (Fsp3) is 0.200. The van der Waals surface area contributed by atoms with Crippen LogP contribution in [0.15, 0.2) is 46.2 Å². The third-order valence-corrected chi connectivity index (χ3v) is 5.06. The molecule has 23 heavy (non-hydrogen) atoms. The molecule has 0 atom stereocenters. The molecule has 0 aromatic carbocycles. The van der Waals surface area contributed by atoms with Crippen molar-refractivity contribution in [1.29, 1.82) is 0 Å². The lowest BCUT2D eigenvalue weighted by atomic mass is 10.4. The van der Waals surface area contributed by atoms with Gasteiger partial charge in [-0.25, -0.2) is 4.98 Å². The van der Waals surface area contributed by atoms with E-state index in [1.165, 1.54) is 23.1 Å². The first kappa shape index (κ1) is 15.7. The van der Waals surface area contributed by atoms with Crippen molar-refractivity contribution >= 4 is 29.0 Å². The van der Waals surface area contributed by atoms with Crippen molar-refractivity contribution in [1.82, 2.24) is 20.5 Å². The van der Waals surface area contributed by atoms with E-state index in [9.17, 15) is 4.79 Å². The fourth-order valence-corrected chi connectivity index (χ4v) is 3.46. The first-order valence-corrected chi connectivity index (χ1v) is 8.70. The van der Waals surface area contributed by atoms with Crippen molar-refractivity contribution in [2.24, 2.45) is 0 Å². The van der Waals surface area contributed by atoms with E-state index in [2.05, 4.69) is 20.5 Å². The van der Waals surface area contributed by atoms with Crippen molar-refractivity contribution in [3.8, 4) is 10.8 Å². The van der Waals surface area contributed by atoms with Gasteiger partial charge in [0.15, 0.2) is 10.8 Å². The average molecular weight is 346 g/mol. The van der Waals surface area contributed by atoms with Gasteiger partial charge in [0.25, 0.3) is 0 Å². The molecule has 1 amide bonds. The molecule has 0 radical (unpaired) electrons. The van der Waals surface area contributed by atoms with Gasteiger partial charge in [0.2, 0.25) is 5.91 Å². The molecule has 6 nitrogen and oxygen atoms in total. The summed E-state index contributed by atoms with van der Waals surface area (Å²) in [5.41, 5.74) is 0.906. The predicted octanol–water partition coefficient (Wildman–Crippen LogP) is 2.91. The van der Waals surface area contributed by atoms with Crippen LogP contribution in [-0.2, 0) is 11.3 Å². The number of furan rings is 1. The van der Waals surface area contributed by atoms with Gasteiger partial charge in [-0.2, -0.15) is 5.10 Å². The van der Waals surface area contributed by atoms with Gasteiger partial charge >= 0.3 is 0 Å². The number of amides is 1. The number of hydrogen-bond acceptors (Lipinski definition) is 7. The predicted molar refractivity (Wildman–Crippen MR) is 89.2 cm³/mol. The van der Waals surface area contributed by atoms with E-state index in [-0.39, 0.29) is 5.91 Å². The SMILES string of the molecule is Cc1nc(-c2ccco2)sc1CNC(=O)CSc1cccnn1. The molecule has 8 heteroatoms. The lowest BCUT2D eigenvalue weighted by Crippen LogP contribution is -2.24. The van der Waals surface area contributed by atoms with E-state index < -0.39 is 0 Å². The van der Waals surface area contributed by atoms with Crippen LogP contribution in [-0.4, -0.2) is 26.8 Å². The Labute approximate surface area is 141 Å². The van der Waals surface area contributed by atoms with E-state index in [0.29, 0.717) is 12.3 Å².